The van der Waals surface area contributed by atoms with Gasteiger partial charge in [0.15, 0.2) is 0 Å². The molecule has 194 valence electrons. The Hall–Kier alpha value is -3.21. The zero-order valence-corrected chi connectivity index (χ0v) is 21.9. The number of ether oxygens (including phenoxy) is 1. The molecule has 1 aliphatic heterocycles. The number of carbonyl (C=O) groups is 1. The van der Waals surface area contributed by atoms with E-state index in [1.54, 1.807) is 7.11 Å². The van der Waals surface area contributed by atoms with Gasteiger partial charge < -0.3 is 20.7 Å². The van der Waals surface area contributed by atoms with Crippen molar-refractivity contribution in [2.24, 2.45) is 11.8 Å². The number of anilines is 2. The van der Waals surface area contributed by atoms with Gasteiger partial charge in [0.2, 0.25) is 5.91 Å². The Labute approximate surface area is 220 Å². The van der Waals surface area contributed by atoms with Gasteiger partial charge in [0, 0.05) is 6.04 Å². The lowest BCUT2D eigenvalue weighted by atomic mass is 9.70. The van der Waals surface area contributed by atoms with Gasteiger partial charge in [-0.15, -0.1) is 0 Å². The van der Waals surface area contributed by atoms with E-state index >= 15 is 0 Å². The van der Waals surface area contributed by atoms with Gasteiger partial charge in [-0.2, -0.15) is 0 Å². The van der Waals surface area contributed by atoms with Crippen LogP contribution in [0.4, 0.5) is 11.4 Å². The molecule has 1 amide bonds. The second kappa shape index (κ2) is 10.3. The molecule has 5 heteroatoms. The third kappa shape index (κ3) is 4.65. The summed E-state index contributed by atoms with van der Waals surface area (Å²) in [5.74, 6) is 1.14. The quantitative estimate of drug-likeness (QED) is 0.337. The predicted octanol–water partition coefficient (Wildman–Crippen LogP) is 7.18. The van der Waals surface area contributed by atoms with Crippen molar-refractivity contribution in [1.82, 2.24) is 5.32 Å². The number of hydrogen-bond donors (Lipinski definition) is 3. The first-order chi connectivity index (χ1) is 18.2. The zero-order chi connectivity index (χ0) is 25.2. The van der Waals surface area contributed by atoms with E-state index in [9.17, 15) is 4.79 Å². The van der Waals surface area contributed by atoms with Crippen LogP contribution in [0.5, 0.6) is 5.75 Å². The first-order valence-electron chi connectivity index (χ1n) is 14.2. The van der Waals surface area contributed by atoms with E-state index in [-0.39, 0.29) is 17.9 Å². The van der Waals surface area contributed by atoms with Crippen LogP contribution in [-0.2, 0) is 10.5 Å². The van der Waals surface area contributed by atoms with Crippen molar-refractivity contribution in [3.63, 3.8) is 0 Å². The number of methoxy groups -OCH3 is 1. The molecule has 0 saturated heterocycles. The average Bonchev–Trinajstić information content (AvgIpc) is 3.34. The highest BCUT2D eigenvalue weighted by Crippen LogP contribution is 2.49. The summed E-state index contributed by atoms with van der Waals surface area (Å²) in [5, 5.41) is 13.6. The molecular formula is C32H39N3O2. The molecule has 3 aliphatic rings. The molecule has 0 aromatic heterocycles. The minimum atomic E-state index is -0.710. The van der Waals surface area contributed by atoms with E-state index in [2.05, 4.69) is 70.5 Å². The molecule has 2 fully saturated rings. The van der Waals surface area contributed by atoms with E-state index in [4.69, 9.17) is 4.74 Å². The van der Waals surface area contributed by atoms with Crippen LogP contribution in [0.3, 0.4) is 0 Å². The van der Waals surface area contributed by atoms with Crippen LogP contribution < -0.4 is 20.7 Å². The van der Waals surface area contributed by atoms with Gasteiger partial charge in [-0.1, -0.05) is 68.9 Å². The van der Waals surface area contributed by atoms with Crippen molar-refractivity contribution in [3.8, 4) is 5.75 Å². The van der Waals surface area contributed by atoms with Crippen molar-refractivity contribution in [2.75, 3.05) is 17.7 Å². The number of nitrogens with one attached hydrogen (secondary N) is 3. The molecule has 2 aliphatic carbocycles. The first kappa shape index (κ1) is 24.1. The molecule has 0 spiro atoms. The van der Waals surface area contributed by atoms with Crippen molar-refractivity contribution < 1.29 is 9.53 Å². The molecule has 3 aromatic rings. The van der Waals surface area contributed by atoms with Crippen LogP contribution in [-0.4, -0.2) is 19.1 Å². The van der Waals surface area contributed by atoms with Gasteiger partial charge in [0.05, 0.1) is 24.4 Å². The molecule has 1 atom stereocenters. The normalized spacial score (nSPS) is 20.5. The summed E-state index contributed by atoms with van der Waals surface area (Å²) in [6.07, 6.45) is 11.7. The molecule has 3 aromatic carbocycles. The van der Waals surface area contributed by atoms with Crippen LogP contribution in [0.25, 0.3) is 10.8 Å². The number of para-hydroxylation sites is 2. The van der Waals surface area contributed by atoms with Crippen LogP contribution in [0.15, 0.2) is 60.7 Å². The van der Waals surface area contributed by atoms with Crippen LogP contribution in [0.1, 0.15) is 69.8 Å². The van der Waals surface area contributed by atoms with Gasteiger partial charge >= 0.3 is 0 Å². The Balaban J connectivity index is 1.45. The van der Waals surface area contributed by atoms with Crippen LogP contribution in [0.2, 0.25) is 0 Å². The number of fused-ring (bicyclic) bond motifs is 2. The SMILES string of the molecule is COc1ccc2cc(C3(C(C(=O)NC4CCCCC4)C4CCCCC4)Nc4ccccc4N3)ccc2c1. The lowest BCUT2D eigenvalue weighted by Gasteiger charge is -2.44. The summed E-state index contributed by atoms with van der Waals surface area (Å²) in [6, 6.07) is 21.5. The molecule has 3 N–H and O–H groups in total. The van der Waals surface area contributed by atoms with E-state index in [1.807, 2.05) is 6.07 Å². The number of hydrogen-bond acceptors (Lipinski definition) is 4. The van der Waals surface area contributed by atoms with Crippen molar-refractivity contribution in [1.29, 1.82) is 0 Å². The Morgan fingerprint density at radius 2 is 1.46 bits per heavy atom. The van der Waals surface area contributed by atoms with Crippen LogP contribution >= 0.6 is 0 Å². The number of carbonyl (C=O) groups excluding carboxylic acids is 1. The third-order valence-corrected chi connectivity index (χ3v) is 8.92. The Kier molecular flexibility index (Phi) is 6.71. The molecule has 5 nitrogen and oxygen atoms in total. The van der Waals surface area contributed by atoms with Gasteiger partial charge in [-0.3, -0.25) is 4.79 Å². The van der Waals surface area contributed by atoms with Crippen LogP contribution in [0, 0.1) is 11.8 Å². The molecule has 1 unspecified atom stereocenters. The zero-order valence-electron chi connectivity index (χ0n) is 21.9. The summed E-state index contributed by atoms with van der Waals surface area (Å²) in [7, 11) is 1.70. The fraction of sp³-hybridized carbons (Fsp3) is 0.469. The van der Waals surface area contributed by atoms with E-state index < -0.39 is 5.66 Å². The molecule has 6 rings (SSSR count). The summed E-state index contributed by atoms with van der Waals surface area (Å²) < 4.78 is 5.46. The molecule has 2 saturated carbocycles. The van der Waals surface area contributed by atoms with Crippen molar-refractivity contribution in [3.05, 3.63) is 66.2 Å². The highest BCUT2D eigenvalue weighted by atomic mass is 16.5. The molecule has 0 bridgehead atoms. The topological polar surface area (TPSA) is 62.4 Å². The number of rotatable bonds is 6. The molecule has 37 heavy (non-hydrogen) atoms. The van der Waals surface area contributed by atoms with Gasteiger partial charge in [-0.05, 0) is 78.3 Å². The molecular weight excluding hydrogens is 458 g/mol. The highest BCUT2D eigenvalue weighted by molar-refractivity contribution is 5.89. The summed E-state index contributed by atoms with van der Waals surface area (Å²) in [5.41, 5.74) is 2.52. The average molecular weight is 498 g/mol. The minimum absolute atomic E-state index is 0.196. The van der Waals surface area contributed by atoms with E-state index in [0.29, 0.717) is 5.92 Å². The van der Waals surface area contributed by atoms with Gasteiger partial charge in [0.25, 0.3) is 0 Å². The Bertz CT molecular complexity index is 1230. The Morgan fingerprint density at radius 3 is 2.14 bits per heavy atom. The Morgan fingerprint density at radius 1 is 0.838 bits per heavy atom. The lowest BCUT2D eigenvalue weighted by molar-refractivity contribution is -0.130. The maximum Gasteiger partial charge on any atom is 0.228 e. The number of benzene rings is 3. The van der Waals surface area contributed by atoms with Crippen molar-refractivity contribution in [2.45, 2.75) is 75.9 Å². The molecule has 1 heterocycles. The summed E-state index contributed by atoms with van der Waals surface area (Å²) in [6.45, 7) is 0. The maximum atomic E-state index is 14.4. The summed E-state index contributed by atoms with van der Waals surface area (Å²) >= 11 is 0. The lowest BCUT2D eigenvalue weighted by Crippen LogP contribution is -2.56. The van der Waals surface area contributed by atoms with E-state index in [0.717, 1.165) is 59.1 Å². The second-order valence-corrected chi connectivity index (χ2v) is 11.3. The fourth-order valence-corrected chi connectivity index (χ4v) is 7.00. The van der Waals surface area contributed by atoms with Gasteiger partial charge in [-0.25, -0.2) is 0 Å². The predicted molar refractivity (Wildman–Crippen MR) is 151 cm³/mol. The first-order valence-corrected chi connectivity index (χ1v) is 14.2. The second-order valence-electron chi connectivity index (χ2n) is 11.3. The largest absolute Gasteiger partial charge is 0.497 e. The van der Waals surface area contributed by atoms with E-state index in [1.165, 1.54) is 38.5 Å². The fourth-order valence-electron chi connectivity index (χ4n) is 7.00. The smallest absolute Gasteiger partial charge is 0.228 e. The third-order valence-electron chi connectivity index (χ3n) is 8.92. The van der Waals surface area contributed by atoms with Crippen molar-refractivity contribution >= 4 is 28.1 Å². The number of amides is 1. The minimum Gasteiger partial charge on any atom is -0.497 e. The summed E-state index contributed by atoms with van der Waals surface area (Å²) in [4.78, 5) is 14.4. The highest BCUT2D eigenvalue weighted by Gasteiger charge is 2.52. The molecule has 0 radical (unpaired) electrons. The monoisotopic (exact) mass is 497 g/mol. The maximum absolute atomic E-state index is 14.4. The van der Waals surface area contributed by atoms with Gasteiger partial charge in [0.1, 0.15) is 11.4 Å². The standard InChI is InChI=1S/C32H39N3O2/c1-37-27-19-17-23-20-25(18-16-24(23)21-27)32(34-28-14-8-9-15-29(28)35-32)30(22-10-4-2-5-11-22)31(36)33-26-12-6-3-7-13-26/h8-9,14-22,26,30,34-35H,2-7,10-13H2,1H3,(H,33,36).